The number of fused-ring (bicyclic) bond motifs is 4. The second-order valence-electron chi connectivity index (χ2n) is 6.20. The van der Waals surface area contributed by atoms with Crippen LogP contribution in [0.15, 0.2) is 52.4 Å². The molecule has 0 saturated heterocycles. The van der Waals surface area contributed by atoms with Gasteiger partial charge < -0.3 is 4.57 Å². The van der Waals surface area contributed by atoms with Crippen LogP contribution >= 0.6 is 23.4 Å². The summed E-state index contributed by atoms with van der Waals surface area (Å²) in [6.45, 7) is 0.822. The van der Waals surface area contributed by atoms with Crippen molar-refractivity contribution in [3.8, 4) is 0 Å². The van der Waals surface area contributed by atoms with Gasteiger partial charge in [0.15, 0.2) is 5.16 Å². The first kappa shape index (κ1) is 15.9. The summed E-state index contributed by atoms with van der Waals surface area (Å²) in [5.41, 5.74) is 2.30. The fraction of sp³-hybridized carbons (Fsp3) is 0.158. The first-order valence-electron chi connectivity index (χ1n) is 8.22. The van der Waals surface area contributed by atoms with E-state index in [0.717, 1.165) is 21.8 Å². The highest BCUT2D eigenvalue weighted by atomic mass is 35.5. The summed E-state index contributed by atoms with van der Waals surface area (Å²) >= 11 is 7.81. The highest BCUT2D eigenvalue weighted by molar-refractivity contribution is 7.99. The van der Waals surface area contributed by atoms with Crippen molar-refractivity contribution in [1.29, 1.82) is 0 Å². The number of halogens is 2. The van der Waals surface area contributed by atoms with Gasteiger partial charge in [0, 0.05) is 28.3 Å². The van der Waals surface area contributed by atoms with Gasteiger partial charge in [0.2, 0.25) is 0 Å². The molecule has 0 amide bonds. The topological polar surface area (TPSA) is 39.8 Å². The molecule has 4 aromatic rings. The lowest BCUT2D eigenvalue weighted by atomic mass is 10.2. The third kappa shape index (κ3) is 2.22. The van der Waals surface area contributed by atoms with Crippen LogP contribution in [0.4, 0.5) is 4.39 Å². The summed E-state index contributed by atoms with van der Waals surface area (Å²) in [6, 6.07) is 12.3. The zero-order valence-electron chi connectivity index (χ0n) is 13.6. The number of para-hydroxylation sites is 1. The first-order chi connectivity index (χ1) is 12.6. The van der Waals surface area contributed by atoms with E-state index in [0.29, 0.717) is 28.2 Å². The lowest BCUT2D eigenvalue weighted by Gasteiger charge is -2.10. The number of rotatable bonds is 2. The highest BCUT2D eigenvalue weighted by Gasteiger charge is 2.23. The van der Waals surface area contributed by atoms with Gasteiger partial charge in [-0.05, 0) is 18.2 Å². The Kier molecular flexibility index (Phi) is 3.58. The minimum Gasteiger partial charge on any atom is -0.330 e. The molecule has 26 heavy (non-hydrogen) atoms. The first-order valence-corrected chi connectivity index (χ1v) is 9.59. The van der Waals surface area contributed by atoms with Crippen LogP contribution < -0.4 is 5.56 Å². The molecule has 0 fully saturated rings. The zero-order valence-corrected chi connectivity index (χ0v) is 15.1. The minimum atomic E-state index is -0.381. The molecule has 0 bridgehead atoms. The smallest absolute Gasteiger partial charge is 0.278 e. The van der Waals surface area contributed by atoms with Crippen molar-refractivity contribution in [3.05, 3.63) is 69.2 Å². The van der Waals surface area contributed by atoms with Crippen molar-refractivity contribution in [3.63, 3.8) is 0 Å². The Morgan fingerprint density at radius 1 is 1.19 bits per heavy atom. The fourth-order valence-corrected chi connectivity index (χ4v) is 4.69. The lowest BCUT2D eigenvalue weighted by molar-refractivity contribution is 0.602. The molecule has 3 heterocycles. The van der Waals surface area contributed by atoms with E-state index >= 15 is 0 Å². The molecule has 0 aliphatic carbocycles. The monoisotopic (exact) mass is 385 g/mol. The summed E-state index contributed by atoms with van der Waals surface area (Å²) in [6.07, 6.45) is 0. The van der Waals surface area contributed by atoms with E-state index in [1.165, 1.54) is 6.07 Å². The minimum absolute atomic E-state index is 0.0846. The van der Waals surface area contributed by atoms with Crippen molar-refractivity contribution in [2.24, 2.45) is 0 Å². The molecule has 130 valence electrons. The maximum Gasteiger partial charge on any atom is 0.278 e. The molecular weight excluding hydrogens is 373 g/mol. The quantitative estimate of drug-likeness (QED) is 0.483. The van der Waals surface area contributed by atoms with Gasteiger partial charge in [0.05, 0.1) is 12.1 Å². The number of aromatic nitrogens is 3. The molecular formula is C19H13ClFN3OS. The van der Waals surface area contributed by atoms with Gasteiger partial charge in [-0.1, -0.05) is 47.6 Å². The molecule has 0 spiro atoms. The van der Waals surface area contributed by atoms with E-state index in [1.54, 1.807) is 28.5 Å². The maximum atomic E-state index is 14.4. The Balaban J connectivity index is 1.87. The van der Waals surface area contributed by atoms with Crippen molar-refractivity contribution < 1.29 is 4.39 Å². The molecule has 0 saturated carbocycles. The van der Waals surface area contributed by atoms with Gasteiger partial charge in [-0.15, -0.1) is 0 Å². The average Bonchev–Trinajstić information content (AvgIpc) is 3.22. The Morgan fingerprint density at radius 3 is 2.88 bits per heavy atom. The number of hydrogen-bond acceptors (Lipinski definition) is 3. The predicted octanol–water partition coefficient (Wildman–Crippen LogP) is 4.30. The Hall–Kier alpha value is -2.31. The van der Waals surface area contributed by atoms with Gasteiger partial charge in [-0.25, -0.2) is 9.37 Å². The summed E-state index contributed by atoms with van der Waals surface area (Å²) in [7, 11) is 0. The second-order valence-corrected chi connectivity index (χ2v) is 7.67. The van der Waals surface area contributed by atoms with Crippen LogP contribution in [0.25, 0.3) is 21.9 Å². The summed E-state index contributed by atoms with van der Waals surface area (Å²) in [4.78, 5) is 17.9. The van der Waals surface area contributed by atoms with Gasteiger partial charge in [-0.2, -0.15) is 0 Å². The Bertz CT molecular complexity index is 1230. The van der Waals surface area contributed by atoms with Crippen LogP contribution in [0.1, 0.15) is 5.56 Å². The zero-order chi connectivity index (χ0) is 17.8. The predicted molar refractivity (Wildman–Crippen MR) is 103 cm³/mol. The molecule has 0 N–H and O–H groups in total. The van der Waals surface area contributed by atoms with Gasteiger partial charge >= 0.3 is 0 Å². The molecule has 0 unspecified atom stereocenters. The number of hydrogen-bond donors (Lipinski definition) is 0. The summed E-state index contributed by atoms with van der Waals surface area (Å²) in [5, 5.41) is 1.98. The van der Waals surface area contributed by atoms with Crippen LogP contribution in [-0.4, -0.2) is 19.9 Å². The van der Waals surface area contributed by atoms with Crippen molar-refractivity contribution in [2.75, 3.05) is 5.75 Å². The molecule has 1 aliphatic rings. The largest absolute Gasteiger partial charge is 0.330 e. The molecule has 2 aromatic heterocycles. The Morgan fingerprint density at radius 2 is 2.04 bits per heavy atom. The molecule has 4 nitrogen and oxygen atoms in total. The SMILES string of the molecule is O=c1c2c(nc3n1CCS3)c1ccccc1n2Cc1c(F)cccc1Cl. The van der Waals surface area contributed by atoms with E-state index in [-0.39, 0.29) is 17.9 Å². The number of nitrogens with zero attached hydrogens (tertiary/aromatic N) is 3. The highest BCUT2D eigenvalue weighted by Crippen LogP contribution is 2.31. The molecule has 1 aliphatic heterocycles. The molecule has 7 heteroatoms. The molecule has 5 rings (SSSR count). The van der Waals surface area contributed by atoms with Crippen LogP contribution in [-0.2, 0) is 13.1 Å². The van der Waals surface area contributed by atoms with Crippen LogP contribution in [0.3, 0.4) is 0 Å². The molecule has 2 aromatic carbocycles. The van der Waals surface area contributed by atoms with Gasteiger partial charge in [0.25, 0.3) is 5.56 Å². The van der Waals surface area contributed by atoms with Crippen LogP contribution in [0.2, 0.25) is 5.02 Å². The summed E-state index contributed by atoms with van der Waals surface area (Å²) in [5.74, 6) is 0.458. The third-order valence-corrected chi connectivity index (χ3v) is 6.06. The van der Waals surface area contributed by atoms with Crippen molar-refractivity contribution >= 4 is 45.3 Å². The van der Waals surface area contributed by atoms with E-state index in [4.69, 9.17) is 16.6 Å². The van der Waals surface area contributed by atoms with Crippen molar-refractivity contribution in [2.45, 2.75) is 18.2 Å². The third-order valence-electron chi connectivity index (χ3n) is 4.75. The second kappa shape index (κ2) is 5.86. The molecule has 0 radical (unpaired) electrons. The lowest BCUT2D eigenvalue weighted by Crippen LogP contribution is -2.22. The van der Waals surface area contributed by atoms with E-state index in [2.05, 4.69) is 0 Å². The van der Waals surface area contributed by atoms with E-state index in [9.17, 15) is 9.18 Å². The summed E-state index contributed by atoms with van der Waals surface area (Å²) < 4.78 is 17.9. The van der Waals surface area contributed by atoms with Gasteiger partial charge in [0.1, 0.15) is 16.9 Å². The van der Waals surface area contributed by atoms with Crippen LogP contribution in [0, 0.1) is 5.82 Å². The van der Waals surface area contributed by atoms with E-state index < -0.39 is 0 Å². The standard InChI is InChI=1S/C19H13ClFN3OS/c20-13-5-3-6-14(21)12(13)10-24-15-7-2-1-4-11(15)16-17(24)18(25)23-8-9-26-19(23)22-16/h1-7H,8-10H2. The maximum absolute atomic E-state index is 14.4. The molecule has 0 atom stereocenters. The number of thioether (sulfide) groups is 1. The Labute approximate surface area is 157 Å². The normalized spacial score (nSPS) is 13.6. The van der Waals surface area contributed by atoms with Crippen LogP contribution in [0.5, 0.6) is 0 Å². The van der Waals surface area contributed by atoms with Crippen molar-refractivity contribution in [1.82, 2.24) is 14.1 Å². The number of benzene rings is 2. The average molecular weight is 386 g/mol. The fourth-order valence-electron chi connectivity index (χ4n) is 3.53. The van der Waals surface area contributed by atoms with E-state index in [1.807, 2.05) is 28.8 Å². The van der Waals surface area contributed by atoms with Gasteiger partial charge in [-0.3, -0.25) is 9.36 Å².